The second-order valence-corrected chi connectivity index (χ2v) is 4.94. The van der Waals surface area contributed by atoms with Gasteiger partial charge < -0.3 is 4.90 Å². The van der Waals surface area contributed by atoms with Crippen LogP contribution in [-0.4, -0.2) is 41.1 Å². The van der Waals surface area contributed by atoms with Gasteiger partial charge in [0, 0.05) is 31.4 Å². The lowest BCUT2D eigenvalue weighted by atomic mass is 9.92. The van der Waals surface area contributed by atoms with Gasteiger partial charge in [0.15, 0.2) is 0 Å². The third kappa shape index (κ3) is 2.22. The Morgan fingerprint density at radius 2 is 2.33 bits per heavy atom. The molecular weight excluding hydrogens is 250 g/mol. The second kappa shape index (κ2) is 4.65. The van der Waals surface area contributed by atoms with Gasteiger partial charge in [-0.15, -0.1) is 0 Å². The number of hydrogen-bond donors (Lipinski definition) is 0. The molecule has 2 aliphatic rings. The van der Waals surface area contributed by atoms with Gasteiger partial charge in [-0.05, 0) is 31.0 Å². The molecule has 6 heteroatoms. The van der Waals surface area contributed by atoms with E-state index >= 15 is 0 Å². The normalized spacial score (nSPS) is 26.8. The molecule has 0 bridgehead atoms. The fourth-order valence-corrected chi connectivity index (χ4v) is 2.61. The summed E-state index contributed by atoms with van der Waals surface area (Å²) in [6.07, 6.45) is 4.73. The summed E-state index contributed by atoms with van der Waals surface area (Å²) in [5.74, 6) is 2.14. The number of halogens is 1. The van der Waals surface area contributed by atoms with Crippen LogP contribution in [0.3, 0.4) is 0 Å². The van der Waals surface area contributed by atoms with Gasteiger partial charge in [-0.3, -0.25) is 4.99 Å². The maximum atomic E-state index is 5.82. The second-order valence-electron chi connectivity index (χ2n) is 4.60. The summed E-state index contributed by atoms with van der Waals surface area (Å²) < 4.78 is 0. The molecular formula is C12H14ClN5. The summed E-state index contributed by atoms with van der Waals surface area (Å²) in [6.45, 7) is 3.78. The number of piperidine rings is 1. The Kier molecular flexibility index (Phi) is 2.99. The number of amidine groups is 1. The Morgan fingerprint density at radius 3 is 3.17 bits per heavy atom. The van der Waals surface area contributed by atoms with Gasteiger partial charge in [-0.2, -0.15) is 0 Å². The van der Waals surface area contributed by atoms with Crippen LogP contribution in [-0.2, 0) is 0 Å². The van der Waals surface area contributed by atoms with E-state index in [9.17, 15) is 0 Å². The van der Waals surface area contributed by atoms with Crippen molar-refractivity contribution in [1.82, 2.24) is 9.97 Å². The first-order chi connectivity index (χ1) is 8.72. The molecule has 3 heterocycles. The van der Waals surface area contributed by atoms with E-state index in [1.54, 1.807) is 6.20 Å². The molecule has 0 aromatic carbocycles. The summed E-state index contributed by atoms with van der Waals surface area (Å²) in [5, 5.41) is 0.292. The monoisotopic (exact) mass is 263 g/mol. The smallest absolute Gasteiger partial charge is 0.224 e. The molecule has 1 aromatic rings. The number of hydrogen-bond acceptors (Lipinski definition) is 5. The number of rotatable bonds is 1. The maximum Gasteiger partial charge on any atom is 0.224 e. The summed E-state index contributed by atoms with van der Waals surface area (Å²) in [4.78, 5) is 19.3. The zero-order chi connectivity index (χ0) is 12.5. The first-order valence-electron chi connectivity index (χ1n) is 6.04. The maximum absolute atomic E-state index is 5.82. The van der Waals surface area contributed by atoms with Crippen molar-refractivity contribution in [1.29, 1.82) is 0 Å². The van der Waals surface area contributed by atoms with Crippen molar-refractivity contribution in [3.63, 3.8) is 0 Å². The van der Waals surface area contributed by atoms with Crippen LogP contribution in [0.5, 0.6) is 0 Å². The third-order valence-electron chi connectivity index (χ3n) is 3.36. The molecule has 1 aromatic heterocycles. The molecule has 2 aliphatic heterocycles. The van der Waals surface area contributed by atoms with Crippen LogP contribution in [0.15, 0.2) is 22.2 Å². The lowest BCUT2D eigenvalue weighted by Crippen LogP contribution is -2.45. The van der Waals surface area contributed by atoms with Crippen molar-refractivity contribution >= 4 is 29.5 Å². The summed E-state index contributed by atoms with van der Waals surface area (Å²) >= 11 is 5.82. The highest BCUT2D eigenvalue weighted by Gasteiger charge is 2.30. The molecule has 5 nitrogen and oxygen atoms in total. The SMILES string of the molecule is CC1=N[C@H]2CCN(c3ccnc(Cl)n3)C[C@H]2C=N1. The van der Waals surface area contributed by atoms with Crippen molar-refractivity contribution < 1.29 is 0 Å². The van der Waals surface area contributed by atoms with Crippen molar-refractivity contribution in [3.8, 4) is 0 Å². The van der Waals surface area contributed by atoms with Gasteiger partial charge in [-0.1, -0.05) is 0 Å². The molecule has 18 heavy (non-hydrogen) atoms. The quantitative estimate of drug-likeness (QED) is 0.727. The first kappa shape index (κ1) is 11.6. The predicted molar refractivity (Wildman–Crippen MR) is 72.8 cm³/mol. The van der Waals surface area contributed by atoms with Crippen LogP contribution in [0.4, 0.5) is 5.82 Å². The molecule has 3 rings (SSSR count). The highest BCUT2D eigenvalue weighted by Crippen LogP contribution is 2.25. The van der Waals surface area contributed by atoms with Gasteiger partial charge in [0.25, 0.3) is 0 Å². The van der Waals surface area contributed by atoms with E-state index in [-0.39, 0.29) is 0 Å². The van der Waals surface area contributed by atoms with Crippen LogP contribution in [0.1, 0.15) is 13.3 Å². The number of fused-ring (bicyclic) bond motifs is 1. The Bertz CT molecular complexity index is 513. The Morgan fingerprint density at radius 1 is 1.44 bits per heavy atom. The number of nitrogens with zero attached hydrogens (tertiary/aromatic N) is 5. The van der Waals surface area contributed by atoms with Crippen LogP contribution in [0.2, 0.25) is 5.28 Å². The molecule has 2 atom stereocenters. The molecule has 1 saturated heterocycles. The van der Waals surface area contributed by atoms with Gasteiger partial charge in [0.1, 0.15) is 11.7 Å². The lowest BCUT2D eigenvalue weighted by Gasteiger charge is -2.37. The van der Waals surface area contributed by atoms with Gasteiger partial charge >= 0.3 is 0 Å². The minimum atomic E-state index is 0.292. The highest BCUT2D eigenvalue weighted by atomic mass is 35.5. The third-order valence-corrected chi connectivity index (χ3v) is 3.54. The Labute approximate surface area is 111 Å². The summed E-state index contributed by atoms with van der Waals surface area (Å²) in [5.41, 5.74) is 0. The number of anilines is 1. The van der Waals surface area contributed by atoms with E-state index < -0.39 is 0 Å². The van der Waals surface area contributed by atoms with Crippen LogP contribution >= 0.6 is 11.6 Å². The molecule has 0 spiro atoms. The summed E-state index contributed by atoms with van der Waals surface area (Å²) in [6, 6.07) is 2.26. The molecule has 0 unspecified atom stereocenters. The fourth-order valence-electron chi connectivity index (χ4n) is 2.46. The van der Waals surface area contributed by atoms with E-state index in [0.29, 0.717) is 17.2 Å². The minimum absolute atomic E-state index is 0.292. The van der Waals surface area contributed by atoms with Gasteiger partial charge in [0.2, 0.25) is 5.28 Å². The predicted octanol–water partition coefficient (Wildman–Crippen LogP) is 1.83. The number of aliphatic imine (C=N–C) groups is 2. The molecule has 0 aliphatic carbocycles. The van der Waals surface area contributed by atoms with Crippen LogP contribution in [0.25, 0.3) is 0 Å². The standard InChI is InChI=1S/C12H14ClN5/c1-8-15-6-9-7-18(5-3-10(9)16-8)11-2-4-14-12(13)17-11/h2,4,6,9-10H,3,5,7H2,1H3/t9-,10+/m1/s1. The van der Waals surface area contributed by atoms with Crippen molar-refractivity contribution in [2.24, 2.45) is 15.9 Å². The van der Waals surface area contributed by atoms with Crippen molar-refractivity contribution in [3.05, 3.63) is 17.5 Å². The molecule has 0 N–H and O–H groups in total. The lowest BCUT2D eigenvalue weighted by molar-refractivity contribution is 0.438. The van der Waals surface area contributed by atoms with Gasteiger partial charge in [-0.25, -0.2) is 15.0 Å². The van der Waals surface area contributed by atoms with Crippen molar-refractivity contribution in [2.75, 3.05) is 18.0 Å². The first-order valence-corrected chi connectivity index (χ1v) is 6.42. The molecule has 94 valence electrons. The van der Waals surface area contributed by atoms with Gasteiger partial charge in [0.05, 0.1) is 6.04 Å². The Hall–Kier alpha value is -1.49. The fraction of sp³-hybridized carbons (Fsp3) is 0.500. The van der Waals surface area contributed by atoms with Crippen LogP contribution < -0.4 is 4.90 Å². The van der Waals surface area contributed by atoms with E-state index in [4.69, 9.17) is 11.6 Å². The zero-order valence-electron chi connectivity index (χ0n) is 10.1. The van der Waals surface area contributed by atoms with E-state index in [2.05, 4.69) is 24.9 Å². The minimum Gasteiger partial charge on any atom is -0.356 e. The highest BCUT2D eigenvalue weighted by molar-refractivity contribution is 6.28. The molecule has 0 radical (unpaired) electrons. The van der Waals surface area contributed by atoms with Crippen molar-refractivity contribution in [2.45, 2.75) is 19.4 Å². The topological polar surface area (TPSA) is 53.7 Å². The Balaban J connectivity index is 1.77. The van der Waals surface area contributed by atoms with Crippen LogP contribution in [0, 0.1) is 5.92 Å². The number of aromatic nitrogens is 2. The van der Waals surface area contributed by atoms with E-state index in [1.165, 1.54) is 0 Å². The largest absolute Gasteiger partial charge is 0.356 e. The average molecular weight is 264 g/mol. The average Bonchev–Trinajstić information content (AvgIpc) is 2.38. The molecule has 0 saturated carbocycles. The molecule has 0 amide bonds. The zero-order valence-corrected chi connectivity index (χ0v) is 10.9. The van der Waals surface area contributed by atoms with E-state index in [0.717, 1.165) is 31.2 Å². The van der Waals surface area contributed by atoms with E-state index in [1.807, 2.05) is 19.2 Å². The molecule has 1 fully saturated rings. The summed E-state index contributed by atoms with van der Waals surface area (Å²) in [7, 11) is 0.